The number of unbranched alkanes of at least 4 members (excludes halogenated alkanes) is 6. The Bertz CT molecular complexity index is 1650. The normalized spacial score (nSPS) is 25.7. The molecule has 11 atom stereocenters. The van der Waals surface area contributed by atoms with E-state index in [9.17, 15) is 14.7 Å². The van der Waals surface area contributed by atoms with E-state index in [1.165, 1.54) is 6.92 Å². The van der Waals surface area contributed by atoms with Gasteiger partial charge in [-0.05, 0) is 73.9 Å². The highest BCUT2D eigenvalue weighted by molar-refractivity contribution is 5.95. The summed E-state index contributed by atoms with van der Waals surface area (Å²) in [5, 5.41) is 16.1. The predicted molar refractivity (Wildman–Crippen MR) is 258 cm³/mol. The molecule has 1 amide bonds. The summed E-state index contributed by atoms with van der Waals surface area (Å²) in [6, 6.07) is 14.9. The molecular formula is C53H85NO13. The van der Waals surface area contributed by atoms with Crippen LogP contribution in [0.4, 0.5) is 0 Å². The molecule has 380 valence electrons. The maximum absolute atomic E-state index is 13.4. The molecule has 0 saturated carbocycles. The van der Waals surface area contributed by atoms with Crippen molar-refractivity contribution in [2.45, 2.75) is 187 Å². The average molecular weight is 944 g/mol. The number of carbonyl (C=O) groups excluding carboxylic acids is 2. The Morgan fingerprint density at radius 3 is 1.70 bits per heavy atom. The zero-order valence-corrected chi connectivity index (χ0v) is 42.0. The van der Waals surface area contributed by atoms with Gasteiger partial charge in [-0.25, -0.2) is 0 Å². The minimum Gasteiger partial charge on any atom is -0.463 e. The van der Waals surface area contributed by atoms with E-state index in [2.05, 4.69) is 46.9 Å². The molecule has 2 aromatic rings. The van der Waals surface area contributed by atoms with E-state index in [-0.39, 0.29) is 19.1 Å². The van der Waals surface area contributed by atoms with Gasteiger partial charge in [0.2, 0.25) is 6.29 Å². The fraction of sp³-hybridized carbons (Fsp3) is 0.736. The molecule has 14 heteroatoms. The molecule has 0 bridgehead atoms. The highest BCUT2D eigenvalue weighted by Crippen LogP contribution is 2.40. The van der Waals surface area contributed by atoms with E-state index in [4.69, 9.17) is 47.4 Å². The fourth-order valence-electron chi connectivity index (χ4n) is 8.43. The van der Waals surface area contributed by atoms with Gasteiger partial charge in [-0.2, -0.15) is 0 Å². The number of hydrogen-bond acceptors (Lipinski definition) is 13. The summed E-state index contributed by atoms with van der Waals surface area (Å²) in [5.74, 6) is -0.997. The van der Waals surface area contributed by atoms with Crippen molar-refractivity contribution in [1.29, 1.82) is 0 Å². The van der Waals surface area contributed by atoms with Crippen molar-refractivity contribution in [3.05, 3.63) is 54.1 Å². The molecular weight excluding hydrogens is 859 g/mol. The summed E-state index contributed by atoms with van der Waals surface area (Å²) < 4.78 is 66.5. The molecule has 2 fully saturated rings. The molecule has 0 aliphatic carbocycles. The highest BCUT2D eigenvalue weighted by atomic mass is 16.7. The molecule has 2 aliphatic rings. The van der Waals surface area contributed by atoms with Crippen LogP contribution in [-0.2, 0) is 47.4 Å². The van der Waals surface area contributed by atoms with Crippen LogP contribution in [0.1, 0.15) is 136 Å². The second-order valence-electron chi connectivity index (χ2n) is 17.7. The number of ether oxygens (including phenoxy) is 10. The third-order valence-corrected chi connectivity index (χ3v) is 12.3. The third-order valence-electron chi connectivity index (χ3n) is 12.3. The SMILES string of the molecule is CCCCOC[C@H]1O[C@H](C(O)[C@@H]2[C@H](OCCCC)[C@@H](Oc3ccc(-c4cccc(C(=O)NC)c4)cc3)O[C@H](COC(C)=O)[C@H]2OCCCC)[C@@H](OCCCC)[C@@H](OCCCC)[C@@H]1OCCCC. The first-order chi connectivity index (χ1) is 32.6. The van der Waals surface area contributed by atoms with Gasteiger partial charge in [-0.1, -0.05) is 104 Å². The Morgan fingerprint density at radius 1 is 0.612 bits per heavy atom. The number of hydrogen-bond donors (Lipinski definition) is 2. The van der Waals surface area contributed by atoms with E-state index < -0.39 is 73.1 Å². The Balaban J connectivity index is 1.85. The zero-order valence-electron chi connectivity index (χ0n) is 42.0. The van der Waals surface area contributed by atoms with Crippen LogP contribution in [-0.4, -0.2) is 138 Å². The smallest absolute Gasteiger partial charge is 0.302 e. The highest BCUT2D eigenvalue weighted by Gasteiger charge is 2.58. The predicted octanol–water partition coefficient (Wildman–Crippen LogP) is 8.87. The lowest BCUT2D eigenvalue weighted by atomic mass is 9.78. The van der Waals surface area contributed by atoms with Gasteiger partial charge in [-0.15, -0.1) is 0 Å². The number of aliphatic hydroxyl groups is 1. The minimum atomic E-state index is -1.29. The molecule has 2 aromatic carbocycles. The minimum absolute atomic E-state index is 0.149. The van der Waals surface area contributed by atoms with Crippen LogP contribution in [0, 0.1) is 5.92 Å². The van der Waals surface area contributed by atoms with Gasteiger partial charge in [0.05, 0.1) is 18.8 Å². The van der Waals surface area contributed by atoms with Gasteiger partial charge >= 0.3 is 5.97 Å². The number of amides is 1. The molecule has 2 aliphatic heterocycles. The molecule has 2 heterocycles. The number of benzene rings is 2. The van der Waals surface area contributed by atoms with Crippen molar-refractivity contribution in [3.63, 3.8) is 0 Å². The first kappa shape index (κ1) is 56.4. The van der Waals surface area contributed by atoms with Gasteiger partial charge in [-0.3, -0.25) is 9.59 Å². The zero-order chi connectivity index (χ0) is 48.4. The summed E-state index contributed by atoms with van der Waals surface area (Å²) in [7, 11) is 1.61. The van der Waals surface area contributed by atoms with E-state index >= 15 is 0 Å². The summed E-state index contributed by atoms with van der Waals surface area (Å²) in [5.41, 5.74) is 2.30. The molecule has 67 heavy (non-hydrogen) atoms. The van der Waals surface area contributed by atoms with E-state index in [0.29, 0.717) is 51.0 Å². The van der Waals surface area contributed by atoms with Crippen molar-refractivity contribution >= 4 is 11.9 Å². The number of nitrogens with one attached hydrogen (secondary N) is 1. The van der Waals surface area contributed by atoms with Crippen LogP contribution >= 0.6 is 0 Å². The standard InChI is InChI=1S/C53H85NO13/c1-9-15-28-58-35-42-47(60-30-17-11-3)50(62-32-19-13-5)51(63-33-20-14-6)49(66-42)45(56)44-46(59-29-16-10-2)43(36-64-37(7)55)67-53(48(44)61-31-18-12-4)65-41-26-24-38(25-27-41)39-22-21-23-40(34-39)52(57)54-8/h21-27,34,42-51,53,56H,9-20,28-33,35-36H2,1-8H3,(H,54,57)/t42-,43-,44+,45?,46-,47-,48+,49-,50+,51-,53+/m1/s1. The molecule has 1 unspecified atom stereocenters. The summed E-state index contributed by atoms with van der Waals surface area (Å²) in [6.07, 6.45) is 2.10. The molecule has 0 spiro atoms. The van der Waals surface area contributed by atoms with Crippen LogP contribution < -0.4 is 10.1 Å². The monoisotopic (exact) mass is 944 g/mol. The maximum atomic E-state index is 13.4. The van der Waals surface area contributed by atoms with Crippen molar-refractivity contribution in [1.82, 2.24) is 5.32 Å². The maximum Gasteiger partial charge on any atom is 0.302 e. The van der Waals surface area contributed by atoms with E-state index in [0.717, 1.165) is 88.2 Å². The topological polar surface area (TPSA) is 159 Å². The van der Waals surface area contributed by atoms with Crippen LogP contribution in [0.15, 0.2) is 48.5 Å². The van der Waals surface area contributed by atoms with Crippen molar-refractivity contribution in [2.24, 2.45) is 5.92 Å². The Hall–Kier alpha value is -3.18. The Kier molecular flexibility index (Phi) is 26.8. The number of carbonyl (C=O) groups is 2. The Morgan fingerprint density at radius 2 is 1.13 bits per heavy atom. The largest absolute Gasteiger partial charge is 0.463 e. The lowest BCUT2D eigenvalue weighted by Crippen LogP contribution is -2.69. The quantitative estimate of drug-likeness (QED) is 0.0517. The van der Waals surface area contributed by atoms with Crippen molar-refractivity contribution < 1.29 is 62.1 Å². The number of aliphatic hydroxyl groups excluding tert-OH is 1. The van der Waals surface area contributed by atoms with Gasteiger partial charge in [0.1, 0.15) is 55.1 Å². The second-order valence-corrected chi connectivity index (χ2v) is 17.7. The second kappa shape index (κ2) is 31.9. The molecule has 2 saturated heterocycles. The van der Waals surface area contributed by atoms with E-state index in [1.807, 2.05) is 42.5 Å². The third kappa shape index (κ3) is 17.6. The van der Waals surface area contributed by atoms with Gasteiger partial charge in [0.15, 0.2) is 0 Å². The lowest BCUT2D eigenvalue weighted by molar-refractivity contribution is -0.321. The van der Waals surface area contributed by atoms with Crippen molar-refractivity contribution in [2.75, 3.05) is 59.9 Å². The van der Waals surface area contributed by atoms with Gasteiger partial charge < -0.3 is 57.8 Å². The van der Waals surface area contributed by atoms with Crippen LogP contribution in [0.3, 0.4) is 0 Å². The number of esters is 1. The molecule has 14 nitrogen and oxygen atoms in total. The Labute approximate surface area is 401 Å². The molecule has 2 N–H and O–H groups in total. The van der Waals surface area contributed by atoms with E-state index in [1.54, 1.807) is 13.1 Å². The molecule has 4 rings (SSSR count). The molecule has 0 radical (unpaired) electrons. The van der Waals surface area contributed by atoms with Gasteiger partial charge in [0, 0.05) is 65.1 Å². The fourth-order valence-corrected chi connectivity index (χ4v) is 8.43. The lowest BCUT2D eigenvalue weighted by Gasteiger charge is -2.52. The summed E-state index contributed by atoms with van der Waals surface area (Å²) >= 11 is 0. The van der Waals surface area contributed by atoms with Gasteiger partial charge in [0.25, 0.3) is 5.91 Å². The van der Waals surface area contributed by atoms with Crippen LogP contribution in [0.25, 0.3) is 11.1 Å². The summed E-state index contributed by atoms with van der Waals surface area (Å²) in [4.78, 5) is 24.9. The molecule has 0 aromatic heterocycles. The first-order valence-electron chi connectivity index (χ1n) is 25.5. The summed E-state index contributed by atoms with van der Waals surface area (Å²) in [6.45, 7) is 16.8. The average Bonchev–Trinajstić information content (AvgIpc) is 3.33. The first-order valence-corrected chi connectivity index (χ1v) is 25.5. The van der Waals surface area contributed by atoms with Crippen molar-refractivity contribution in [3.8, 4) is 16.9 Å². The van der Waals surface area contributed by atoms with Crippen LogP contribution in [0.5, 0.6) is 5.75 Å². The van der Waals surface area contributed by atoms with Crippen LogP contribution in [0.2, 0.25) is 0 Å². The number of rotatable bonds is 33.